The van der Waals surface area contributed by atoms with Crippen LogP contribution in [0.4, 0.5) is 5.82 Å². The van der Waals surface area contributed by atoms with Crippen LogP contribution < -0.4 is 10.9 Å². The quantitative estimate of drug-likeness (QED) is 0.700. The molecule has 0 aliphatic carbocycles. The van der Waals surface area contributed by atoms with Crippen LogP contribution in [-0.4, -0.2) is 25.5 Å². The first-order valence-corrected chi connectivity index (χ1v) is 8.41. The molecule has 2 aromatic heterocycles. The summed E-state index contributed by atoms with van der Waals surface area (Å²) in [6, 6.07) is 8.76. The molecular formula is C18H21N5O2. The number of aromatic nitrogens is 4. The van der Waals surface area contributed by atoms with Crippen molar-refractivity contribution in [2.75, 3.05) is 5.32 Å². The predicted molar refractivity (Wildman–Crippen MR) is 96.7 cm³/mol. The molecule has 25 heavy (non-hydrogen) atoms. The standard InChI is InChI=1S/C18H21N5O2/c1-3-4-7-11-23-18(25)14-9-6-5-8-13(14)16(21-23)17(24)19-15-10-12-22(2)20-15/h5-6,8-10,12H,3-4,7,11H2,1-2H3,(H,19,20,24). The Labute approximate surface area is 145 Å². The number of nitrogens with zero attached hydrogens (tertiary/aromatic N) is 4. The monoisotopic (exact) mass is 339 g/mol. The van der Waals surface area contributed by atoms with E-state index in [0.717, 1.165) is 19.3 Å². The Hall–Kier alpha value is -2.96. The lowest BCUT2D eigenvalue weighted by Gasteiger charge is -2.10. The summed E-state index contributed by atoms with van der Waals surface area (Å²) >= 11 is 0. The molecule has 2 heterocycles. The topological polar surface area (TPSA) is 81.8 Å². The summed E-state index contributed by atoms with van der Waals surface area (Å²) in [4.78, 5) is 25.3. The van der Waals surface area contributed by atoms with E-state index >= 15 is 0 Å². The highest BCUT2D eigenvalue weighted by molar-refractivity contribution is 6.10. The van der Waals surface area contributed by atoms with Crippen molar-refractivity contribution in [2.24, 2.45) is 7.05 Å². The fourth-order valence-corrected chi connectivity index (χ4v) is 2.72. The zero-order valence-electron chi connectivity index (χ0n) is 14.4. The number of hydrogen-bond donors (Lipinski definition) is 1. The molecule has 0 radical (unpaired) electrons. The highest BCUT2D eigenvalue weighted by Crippen LogP contribution is 2.15. The number of hydrogen-bond acceptors (Lipinski definition) is 4. The average molecular weight is 339 g/mol. The van der Waals surface area contributed by atoms with E-state index in [1.165, 1.54) is 4.68 Å². The smallest absolute Gasteiger partial charge is 0.277 e. The van der Waals surface area contributed by atoms with Crippen molar-refractivity contribution in [3.63, 3.8) is 0 Å². The second-order valence-corrected chi connectivity index (χ2v) is 5.96. The molecular weight excluding hydrogens is 318 g/mol. The van der Waals surface area contributed by atoms with Crippen LogP contribution in [-0.2, 0) is 13.6 Å². The van der Waals surface area contributed by atoms with E-state index in [0.29, 0.717) is 23.1 Å². The lowest BCUT2D eigenvalue weighted by Crippen LogP contribution is -2.27. The molecule has 1 amide bonds. The first-order valence-electron chi connectivity index (χ1n) is 8.41. The molecule has 0 spiro atoms. The number of benzene rings is 1. The second-order valence-electron chi connectivity index (χ2n) is 5.96. The van der Waals surface area contributed by atoms with Crippen molar-refractivity contribution in [3.05, 3.63) is 52.6 Å². The predicted octanol–water partition coefficient (Wildman–Crippen LogP) is 2.57. The van der Waals surface area contributed by atoms with E-state index < -0.39 is 0 Å². The van der Waals surface area contributed by atoms with E-state index in [9.17, 15) is 9.59 Å². The summed E-state index contributed by atoms with van der Waals surface area (Å²) in [6.45, 7) is 2.60. The minimum Gasteiger partial charge on any atom is -0.304 e. The van der Waals surface area contributed by atoms with Gasteiger partial charge in [0.2, 0.25) is 0 Å². The normalized spacial score (nSPS) is 11.0. The van der Waals surface area contributed by atoms with Crippen LogP contribution in [0.3, 0.4) is 0 Å². The van der Waals surface area contributed by atoms with Gasteiger partial charge >= 0.3 is 0 Å². The fourth-order valence-electron chi connectivity index (χ4n) is 2.72. The van der Waals surface area contributed by atoms with Crippen LogP contribution in [0.25, 0.3) is 10.8 Å². The van der Waals surface area contributed by atoms with E-state index in [-0.39, 0.29) is 17.2 Å². The Morgan fingerprint density at radius 2 is 1.88 bits per heavy atom. The fraction of sp³-hybridized carbons (Fsp3) is 0.333. The zero-order chi connectivity index (χ0) is 17.8. The van der Waals surface area contributed by atoms with Crippen LogP contribution in [0.5, 0.6) is 0 Å². The van der Waals surface area contributed by atoms with Crippen molar-refractivity contribution in [1.82, 2.24) is 19.6 Å². The molecule has 3 aromatic rings. The third-order valence-electron chi connectivity index (χ3n) is 4.01. The summed E-state index contributed by atoms with van der Waals surface area (Å²) in [5, 5.41) is 12.3. The summed E-state index contributed by atoms with van der Waals surface area (Å²) in [5.74, 6) is 0.0706. The van der Waals surface area contributed by atoms with Crippen molar-refractivity contribution >= 4 is 22.5 Å². The number of anilines is 1. The van der Waals surface area contributed by atoms with Gasteiger partial charge in [0.1, 0.15) is 0 Å². The number of rotatable bonds is 6. The Morgan fingerprint density at radius 1 is 1.12 bits per heavy atom. The maximum atomic E-state index is 12.7. The molecule has 0 fully saturated rings. The van der Waals surface area contributed by atoms with E-state index in [1.54, 1.807) is 48.3 Å². The molecule has 7 heteroatoms. The first-order chi connectivity index (χ1) is 12.1. The van der Waals surface area contributed by atoms with Crippen molar-refractivity contribution in [1.29, 1.82) is 0 Å². The molecule has 3 rings (SSSR count). The highest BCUT2D eigenvalue weighted by Gasteiger charge is 2.17. The lowest BCUT2D eigenvalue weighted by molar-refractivity contribution is 0.102. The Bertz CT molecular complexity index is 957. The Balaban J connectivity index is 2.01. The minimum atomic E-state index is -0.376. The van der Waals surface area contributed by atoms with Gasteiger partial charge < -0.3 is 5.32 Å². The maximum Gasteiger partial charge on any atom is 0.277 e. The van der Waals surface area contributed by atoms with Crippen molar-refractivity contribution in [2.45, 2.75) is 32.7 Å². The number of fused-ring (bicyclic) bond motifs is 1. The van der Waals surface area contributed by atoms with Gasteiger partial charge in [0, 0.05) is 31.2 Å². The number of carbonyl (C=O) groups is 1. The lowest BCUT2D eigenvalue weighted by atomic mass is 10.1. The summed E-state index contributed by atoms with van der Waals surface area (Å²) < 4.78 is 3.00. The first kappa shape index (κ1) is 16.9. The Morgan fingerprint density at radius 3 is 2.56 bits per heavy atom. The summed E-state index contributed by atoms with van der Waals surface area (Å²) in [5.41, 5.74) is 0.0680. The van der Waals surface area contributed by atoms with Gasteiger partial charge in [0.05, 0.1) is 5.39 Å². The van der Waals surface area contributed by atoms with E-state index in [2.05, 4.69) is 22.4 Å². The molecule has 7 nitrogen and oxygen atoms in total. The van der Waals surface area contributed by atoms with Gasteiger partial charge in [0.25, 0.3) is 11.5 Å². The van der Waals surface area contributed by atoms with Gasteiger partial charge in [-0.25, -0.2) is 4.68 Å². The van der Waals surface area contributed by atoms with Crippen molar-refractivity contribution < 1.29 is 4.79 Å². The highest BCUT2D eigenvalue weighted by atomic mass is 16.2. The number of aryl methyl sites for hydroxylation is 2. The molecule has 130 valence electrons. The number of nitrogens with one attached hydrogen (secondary N) is 1. The summed E-state index contributed by atoms with van der Waals surface area (Å²) in [6.07, 6.45) is 4.65. The van der Waals surface area contributed by atoms with Gasteiger partial charge in [-0.15, -0.1) is 0 Å². The second kappa shape index (κ2) is 7.29. The van der Waals surface area contributed by atoms with Gasteiger partial charge in [-0.3, -0.25) is 14.3 Å². The molecule has 0 unspecified atom stereocenters. The largest absolute Gasteiger partial charge is 0.304 e. The van der Waals surface area contributed by atoms with Crippen LogP contribution >= 0.6 is 0 Å². The molecule has 0 saturated heterocycles. The molecule has 0 aliphatic rings. The third kappa shape index (κ3) is 3.60. The molecule has 0 aliphatic heterocycles. The van der Waals surface area contributed by atoms with Gasteiger partial charge in [-0.1, -0.05) is 38.0 Å². The maximum absolute atomic E-state index is 12.7. The average Bonchev–Trinajstić information content (AvgIpc) is 3.02. The molecule has 0 bridgehead atoms. The van der Waals surface area contributed by atoms with Gasteiger partial charge in [-0.2, -0.15) is 10.2 Å². The van der Waals surface area contributed by atoms with Crippen LogP contribution in [0.2, 0.25) is 0 Å². The molecule has 0 saturated carbocycles. The van der Waals surface area contributed by atoms with Crippen LogP contribution in [0.1, 0.15) is 36.7 Å². The van der Waals surface area contributed by atoms with Crippen LogP contribution in [0.15, 0.2) is 41.3 Å². The van der Waals surface area contributed by atoms with E-state index in [4.69, 9.17) is 0 Å². The van der Waals surface area contributed by atoms with E-state index in [1.807, 2.05) is 0 Å². The molecule has 0 atom stereocenters. The number of carbonyl (C=O) groups excluding carboxylic acids is 1. The van der Waals surface area contributed by atoms with Gasteiger partial charge in [-0.05, 0) is 12.5 Å². The SMILES string of the molecule is CCCCCn1nc(C(=O)Nc2ccn(C)n2)c2ccccc2c1=O. The van der Waals surface area contributed by atoms with Gasteiger partial charge in [0.15, 0.2) is 11.5 Å². The third-order valence-corrected chi connectivity index (χ3v) is 4.01. The summed E-state index contributed by atoms with van der Waals surface area (Å²) in [7, 11) is 1.78. The molecule has 1 aromatic carbocycles. The van der Waals surface area contributed by atoms with Crippen LogP contribution in [0, 0.1) is 0 Å². The Kier molecular flexibility index (Phi) is 4.92. The van der Waals surface area contributed by atoms with Crippen molar-refractivity contribution in [3.8, 4) is 0 Å². The zero-order valence-corrected chi connectivity index (χ0v) is 14.4. The number of amides is 1. The molecule has 1 N–H and O–H groups in total. The number of unbranched alkanes of at least 4 members (excludes halogenated alkanes) is 2. The minimum absolute atomic E-state index is 0.166.